The van der Waals surface area contributed by atoms with Crippen LogP contribution in [0.1, 0.15) is 16.7 Å². The first-order chi connectivity index (χ1) is 11.3. The quantitative estimate of drug-likeness (QED) is 0.602. The van der Waals surface area contributed by atoms with Gasteiger partial charge in [0.1, 0.15) is 12.1 Å². The molecule has 0 saturated carbocycles. The Bertz CT molecular complexity index is 690. The van der Waals surface area contributed by atoms with E-state index in [1.54, 1.807) is 13.2 Å². The van der Waals surface area contributed by atoms with Crippen molar-refractivity contribution in [3.8, 4) is 5.88 Å². The van der Waals surface area contributed by atoms with E-state index in [9.17, 15) is 0 Å². The third kappa shape index (κ3) is 3.48. The lowest BCUT2D eigenvalue weighted by Gasteiger charge is -2.30. The normalized spacial score (nSPS) is 13.5. The summed E-state index contributed by atoms with van der Waals surface area (Å²) in [5.41, 5.74) is 3.71. The molecule has 3 rings (SSSR count). The van der Waals surface area contributed by atoms with E-state index in [1.807, 2.05) is 18.5 Å². The molecule has 0 aliphatic carbocycles. The van der Waals surface area contributed by atoms with Gasteiger partial charge < -0.3 is 14.4 Å². The number of pyridine rings is 1. The minimum absolute atomic E-state index is 0.552. The minimum Gasteiger partial charge on any atom is -0.481 e. The Morgan fingerprint density at radius 3 is 3.09 bits per heavy atom. The number of fused-ring (bicyclic) bond motifs is 1. The Morgan fingerprint density at radius 2 is 2.26 bits per heavy atom. The summed E-state index contributed by atoms with van der Waals surface area (Å²) in [4.78, 5) is 15.0. The van der Waals surface area contributed by atoms with Gasteiger partial charge in [0.05, 0.1) is 20.3 Å². The maximum Gasteiger partial charge on any atom is 0.218 e. The van der Waals surface area contributed by atoms with Crippen LogP contribution < -0.4 is 9.64 Å². The second-order valence-corrected chi connectivity index (χ2v) is 5.33. The number of rotatable bonds is 6. The van der Waals surface area contributed by atoms with Gasteiger partial charge >= 0.3 is 0 Å². The highest BCUT2D eigenvalue weighted by Crippen LogP contribution is 2.26. The molecule has 1 aliphatic rings. The highest BCUT2D eigenvalue weighted by Gasteiger charge is 2.20. The molecule has 0 fully saturated rings. The fourth-order valence-electron chi connectivity index (χ4n) is 2.75. The predicted octanol–water partition coefficient (Wildman–Crippen LogP) is 2.15. The summed E-state index contributed by atoms with van der Waals surface area (Å²) in [6.45, 7) is 6.46. The van der Waals surface area contributed by atoms with Crippen LogP contribution in [0.4, 0.5) is 5.82 Å². The molecule has 6 heteroatoms. The number of nitrogens with zero attached hydrogens (tertiary/aromatic N) is 4. The molecule has 120 valence electrons. The molecule has 0 radical (unpaired) electrons. The summed E-state index contributed by atoms with van der Waals surface area (Å²) in [5, 5.41) is 0. The van der Waals surface area contributed by atoms with Crippen molar-refractivity contribution in [2.75, 3.05) is 25.2 Å². The van der Waals surface area contributed by atoms with Gasteiger partial charge in [-0.15, -0.1) is 6.58 Å². The molecule has 0 amide bonds. The molecule has 0 N–H and O–H groups in total. The molecule has 2 aromatic rings. The van der Waals surface area contributed by atoms with E-state index in [-0.39, 0.29) is 0 Å². The number of hydrogen-bond donors (Lipinski definition) is 0. The standard InChI is InChI=1S/C17H20N4O2/c1-3-6-23-11-14-9-18-8-13-10-21(5-4-15(13)14)16-7-17(22-2)20-12-19-16/h3,7-9,12H,1,4-6,10-11H2,2H3. The predicted molar refractivity (Wildman–Crippen MR) is 87.4 cm³/mol. The fraction of sp³-hybridized carbons (Fsp3) is 0.353. The summed E-state index contributed by atoms with van der Waals surface area (Å²) < 4.78 is 10.7. The van der Waals surface area contributed by atoms with Crippen LogP contribution in [0.3, 0.4) is 0 Å². The highest BCUT2D eigenvalue weighted by atomic mass is 16.5. The van der Waals surface area contributed by atoms with Crippen molar-refractivity contribution in [3.63, 3.8) is 0 Å². The number of hydrogen-bond acceptors (Lipinski definition) is 6. The minimum atomic E-state index is 0.552. The summed E-state index contributed by atoms with van der Waals surface area (Å²) in [6, 6.07) is 1.86. The molecule has 0 unspecified atom stereocenters. The molecular formula is C17H20N4O2. The number of ether oxygens (including phenoxy) is 2. The lowest BCUT2D eigenvalue weighted by atomic mass is 9.97. The molecule has 2 aromatic heterocycles. The first kappa shape index (κ1) is 15.4. The molecular weight excluding hydrogens is 292 g/mol. The zero-order valence-electron chi connectivity index (χ0n) is 13.2. The zero-order valence-corrected chi connectivity index (χ0v) is 13.2. The van der Waals surface area contributed by atoms with E-state index in [4.69, 9.17) is 9.47 Å². The van der Waals surface area contributed by atoms with Crippen LogP contribution in [0.5, 0.6) is 5.88 Å². The Kier molecular flexibility index (Phi) is 4.83. The largest absolute Gasteiger partial charge is 0.481 e. The summed E-state index contributed by atoms with van der Waals surface area (Å²) in [7, 11) is 1.61. The van der Waals surface area contributed by atoms with Gasteiger partial charge in [-0.2, -0.15) is 0 Å². The van der Waals surface area contributed by atoms with E-state index in [2.05, 4.69) is 26.4 Å². The van der Waals surface area contributed by atoms with Gasteiger partial charge in [0.25, 0.3) is 0 Å². The molecule has 3 heterocycles. The average molecular weight is 312 g/mol. The first-order valence-corrected chi connectivity index (χ1v) is 7.56. The molecule has 0 atom stereocenters. The SMILES string of the molecule is C=CCOCc1cncc2c1CCN(c1cc(OC)ncn1)C2. The second-order valence-electron chi connectivity index (χ2n) is 5.33. The highest BCUT2D eigenvalue weighted by molar-refractivity contribution is 5.46. The third-order valence-electron chi connectivity index (χ3n) is 3.88. The van der Waals surface area contributed by atoms with E-state index < -0.39 is 0 Å². The smallest absolute Gasteiger partial charge is 0.218 e. The Balaban J connectivity index is 1.78. The van der Waals surface area contributed by atoms with Crippen LogP contribution in [0.15, 0.2) is 37.4 Å². The number of methoxy groups -OCH3 is 1. The average Bonchev–Trinajstić information content (AvgIpc) is 2.61. The van der Waals surface area contributed by atoms with E-state index in [0.29, 0.717) is 19.1 Å². The molecule has 23 heavy (non-hydrogen) atoms. The van der Waals surface area contributed by atoms with Crippen molar-refractivity contribution in [3.05, 3.63) is 54.1 Å². The number of aromatic nitrogens is 3. The van der Waals surface area contributed by atoms with Crippen molar-refractivity contribution in [2.24, 2.45) is 0 Å². The van der Waals surface area contributed by atoms with Gasteiger partial charge in [-0.3, -0.25) is 4.98 Å². The monoisotopic (exact) mass is 312 g/mol. The molecule has 0 bridgehead atoms. The van der Waals surface area contributed by atoms with Gasteiger partial charge in [-0.1, -0.05) is 6.08 Å². The lowest BCUT2D eigenvalue weighted by Crippen LogP contribution is -2.32. The van der Waals surface area contributed by atoms with E-state index >= 15 is 0 Å². The Hall–Kier alpha value is -2.47. The van der Waals surface area contributed by atoms with Crippen molar-refractivity contribution in [2.45, 2.75) is 19.6 Å². The third-order valence-corrected chi connectivity index (χ3v) is 3.88. The maximum atomic E-state index is 5.57. The summed E-state index contributed by atoms with van der Waals surface area (Å²) >= 11 is 0. The first-order valence-electron chi connectivity index (χ1n) is 7.56. The summed E-state index contributed by atoms with van der Waals surface area (Å²) in [5.74, 6) is 1.45. The van der Waals surface area contributed by atoms with Gasteiger partial charge in [-0.25, -0.2) is 9.97 Å². The van der Waals surface area contributed by atoms with Crippen molar-refractivity contribution in [1.29, 1.82) is 0 Å². The fourth-order valence-corrected chi connectivity index (χ4v) is 2.75. The van der Waals surface area contributed by atoms with Gasteiger partial charge in [0, 0.05) is 31.5 Å². The van der Waals surface area contributed by atoms with Crippen molar-refractivity contribution >= 4 is 5.82 Å². The second kappa shape index (κ2) is 7.19. The molecule has 6 nitrogen and oxygen atoms in total. The Labute approximate surface area is 135 Å². The molecule has 0 aromatic carbocycles. The maximum absolute atomic E-state index is 5.57. The van der Waals surface area contributed by atoms with Crippen LogP contribution in [0.25, 0.3) is 0 Å². The topological polar surface area (TPSA) is 60.4 Å². The van der Waals surface area contributed by atoms with E-state index in [0.717, 1.165) is 30.9 Å². The van der Waals surface area contributed by atoms with E-state index in [1.165, 1.54) is 17.5 Å². The summed E-state index contributed by atoms with van der Waals surface area (Å²) in [6.07, 6.45) is 8.05. The van der Waals surface area contributed by atoms with Gasteiger partial charge in [0.2, 0.25) is 5.88 Å². The number of anilines is 1. The van der Waals surface area contributed by atoms with Crippen LogP contribution in [-0.4, -0.2) is 35.2 Å². The molecule has 0 saturated heterocycles. The van der Waals surface area contributed by atoms with Crippen LogP contribution >= 0.6 is 0 Å². The zero-order chi connectivity index (χ0) is 16.1. The van der Waals surface area contributed by atoms with Crippen molar-refractivity contribution in [1.82, 2.24) is 15.0 Å². The van der Waals surface area contributed by atoms with Crippen LogP contribution in [0.2, 0.25) is 0 Å². The Morgan fingerprint density at radius 1 is 1.35 bits per heavy atom. The van der Waals surface area contributed by atoms with Gasteiger partial charge in [0.15, 0.2) is 0 Å². The van der Waals surface area contributed by atoms with Crippen molar-refractivity contribution < 1.29 is 9.47 Å². The lowest BCUT2D eigenvalue weighted by molar-refractivity contribution is 0.148. The van der Waals surface area contributed by atoms with Crippen LogP contribution in [-0.2, 0) is 24.3 Å². The van der Waals surface area contributed by atoms with Crippen LogP contribution in [0, 0.1) is 0 Å². The molecule has 1 aliphatic heterocycles. The van der Waals surface area contributed by atoms with Gasteiger partial charge in [-0.05, 0) is 23.1 Å². The molecule has 0 spiro atoms.